The highest BCUT2D eigenvalue weighted by atomic mass is 32.2. The fourth-order valence-electron chi connectivity index (χ4n) is 3.10. The van der Waals surface area contributed by atoms with Gasteiger partial charge < -0.3 is 9.47 Å². The molecule has 2 aromatic heterocycles. The van der Waals surface area contributed by atoms with Crippen LogP contribution in [0.1, 0.15) is 29.1 Å². The molecule has 0 spiro atoms. The predicted octanol–water partition coefficient (Wildman–Crippen LogP) is 3.57. The lowest BCUT2D eigenvalue weighted by molar-refractivity contribution is 0.171. The van der Waals surface area contributed by atoms with Crippen molar-refractivity contribution in [2.24, 2.45) is 0 Å². The van der Waals surface area contributed by atoms with Gasteiger partial charge in [-0.25, -0.2) is 13.1 Å². The first-order valence-electron chi connectivity index (χ1n) is 8.88. The Hall–Kier alpha value is -2.36. The molecule has 1 unspecified atom stereocenters. The normalized spacial score (nSPS) is 14.8. The smallest absolute Gasteiger partial charge is 0.242 e. The molecule has 1 aliphatic heterocycles. The van der Waals surface area contributed by atoms with Crippen LogP contribution < -0.4 is 14.2 Å². The van der Waals surface area contributed by atoms with Crippen molar-refractivity contribution in [1.29, 1.82) is 0 Å². The topological polar surface area (TPSA) is 93.3 Å². The van der Waals surface area contributed by atoms with Gasteiger partial charge in [-0.15, -0.1) is 11.3 Å². The van der Waals surface area contributed by atoms with E-state index in [1.807, 2.05) is 38.1 Å². The van der Waals surface area contributed by atoms with Crippen LogP contribution in [0.2, 0.25) is 0 Å². The maximum atomic E-state index is 13.0. The zero-order valence-corrected chi connectivity index (χ0v) is 17.4. The van der Waals surface area contributed by atoms with Gasteiger partial charge in [-0.2, -0.15) is 5.10 Å². The number of aromatic nitrogens is 2. The van der Waals surface area contributed by atoms with Crippen molar-refractivity contribution in [3.8, 4) is 22.1 Å². The van der Waals surface area contributed by atoms with Crippen LogP contribution in [0.25, 0.3) is 10.6 Å². The van der Waals surface area contributed by atoms with Gasteiger partial charge in [0.15, 0.2) is 11.5 Å². The largest absolute Gasteiger partial charge is 0.486 e. The van der Waals surface area contributed by atoms with Crippen molar-refractivity contribution >= 4 is 21.4 Å². The van der Waals surface area contributed by atoms with Crippen LogP contribution in [-0.2, 0) is 10.0 Å². The number of nitrogens with one attached hydrogen (secondary N) is 2. The van der Waals surface area contributed by atoms with Crippen LogP contribution in [0, 0.1) is 13.8 Å². The third kappa shape index (κ3) is 3.65. The SMILES string of the molecule is Cc1cc(-c2cc(S(=O)(=O)NC(C)c3ccc4c(c3)OCCO4)c(C)s2)n[nH]1. The monoisotopic (exact) mass is 419 g/mol. The molecular formula is C19H21N3O4S2. The minimum atomic E-state index is -3.69. The van der Waals surface area contributed by atoms with Crippen LogP contribution in [0.5, 0.6) is 11.5 Å². The Bertz CT molecular complexity index is 1120. The molecule has 0 saturated heterocycles. The molecule has 3 heterocycles. The second kappa shape index (κ2) is 7.23. The standard InChI is InChI=1S/C19H21N3O4S2/c1-11-8-15(21-20-11)18-10-19(13(3)27-18)28(23,24)22-12(2)14-4-5-16-17(9-14)26-7-6-25-16/h4-5,8-10,12,22H,6-7H2,1-3H3,(H,20,21). The molecule has 0 amide bonds. The second-order valence-electron chi connectivity index (χ2n) is 6.71. The third-order valence-electron chi connectivity index (χ3n) is 4.52. The molecule has 0 aliphatic carbocycles. The van der Waals surface area contributed by atoms with Crippen molar-refractivity contribution in [3.63, 3.8) is 0 Å². The van der Waals surface area contributed by atoms with Crippen LogP contribution in [-0.4, -0.2) is 31.8 Å². The summed E-state index contributed by atoms with van der Waals surface area (Å²) in [6, 6.07) is 8.62. The van der Waals surface area contributed by atoms with Crippen LogP contribution in [0.15, 0.2) is 35.2 Å². The molecular weight excluding hydrogens is 398 g/mol. The number of ether oxygens (including phenoxy) is 2. The summed E-state index contributed by atoms with van der Waals surface area (Å²) in [5.41, 5.74) is 2.48. The van der Waals surface area contributed by atoms with Gasteiger partial charge in [0.25, 0.3) is 0 Å². The van der Waals surface area contributed by atoms with E-state index in [1.54, 1.807) is 13.0 Å². The number of thiophene rings is 1. The van der Waals surface area contributed by atoms with Crippen molar-refractivity contribution in [2.45, 2.75) is 31.7 Å². The third-order valence-corrected chi connectivity index (χ3v) is 7.39. The van der Waals surface area contributed by atoms with Gasteiger partial charge in [0.2, 0.25) is 10.0 Å². The zero-order valence-electron chi connectivity index (χ0n) is 15.8. The van der Waals surface area contributed by atoms with E-state index >= 15 is 0 Å². The number of fused-ring (bicyclic) bond motifs is 1. The fourth-order valence-corrected chi connectivity index (χ4v) is 5.88. The minimum Gasteiger partial charge on any atom is -0.486 e. The van der Waals surface area contributed by atoms with E-state index in [-0.39, 0.29) is 4.90 Å². The summed E-state index contributed by atoms with van der Waals surface area (Å²) >= 11 is 1.41. The first-order chi connectivity index (χ1) is 13.3. The molecule has 2 N–H and O–H groups in total. The molecule has 148 valence electrons. The average molecular weight is 420 g/mol. The first-order valence-corrected chi connectivity index (χ1v) is 11.2. The minimum absolute atomic E-state index is 0.276. The van der Waals surface area contributed by atoms with Gasteiger partial charge in [-0.1, -0.05) is 6.07 Å². The molecule has 0 fully saturated rings. The number of nitrogens with zero attached hydrogens (tertiary/aromatic N) is 1. The van der Waals surface area contributed by atoms with E-state index < -0.39 is 16.1 Å². The maximum Gasteiger partial charge on any atom is 0.242 e. The van der Waals surface area contributed by atoms with Gasteiger partial charge in [0.1, 0.15) is 18.9 Å². The maximum absolute atomic E-state index is 13.0. The number of hydrogen-bond acceptors (Lipinski definition) is 6. The number of sulfonamides is 1. The Morgan fingerprint density at radius 2 is 1.89 bits per heavy atom. The molecule has 28 heavy (non-hydrogen) atoms. The number of benzene rings is 1. The van der Waals surface area contributed by atoms with E-state index in [9.17, 15) is 8.42 Å². The number of aromatic amines is 1. The fraction of sp³-hybridized carbons (Fsp3) is 0.316. The van der Waals surface area contributed by atoms with Crippen molar-refractivity contribution < 1.29 is 17.9 Å². The summed E-state index contributed by atoms with van der Waals surface area (Å²) in [5, 5.41) is 7.10. The van der Waals surface area contributed by atoms with E-state index in [2.05, 4.69) is 14.9 Å². The molecule has 1 aromatic carbocycles. The highest BCUT2D eigenvalue weighted by molar-refractivity contribution is 7.89. The van der Waals surface area contributed by atoms with Crippen molar-refractivity contribution in [1.82, 2.24) is 14.9 Å². The van der Waals surface area contributed by atoms with Gasteiger partial charge in [0.05, 0.1) is 9.77 Å². The Morgan fingerprint density at radius 1 is 1.14 bits per heavy atom. The van der Waals surface area contributed by atoms with E-state index in [4.69, 9.17) is 9.47 Å². The van der Waals surface area contributed by atoms with Crippen LogP contribution in [0.3, 0.4) is 0 Å². The second-order valence-corrected chi connectivity index (χ2v) is 9.65. The highest BCUT2D eigenvalue weighted by Crippen LogP contribution is 2.35. The molecule has 0 bridgehead atoms. The summed E-state index contributed by atoms with van der Waals surface area (Å²) in [6.45, 7) is 6.52. The van der Waals surface area contributed by atoms with Crippen molar-refractivity contribution in [2.75, 3.05) is 13.2 Å². The summed E-state index contributed by atoms with van der Waals surface area (Å²) in [6.07, 6.45) is 0. The molecule has 0 saturated carbocycles. The summed E-state index contributed by atoms with van der Waals surface area (Å²) in [7, 11) is -3.69. The molecule has 9 heteroatoms. The van der Waals surface area contributed by atoms with Crippen LogP contribution >= 0.6 is 11.3 Å². The number of aryl methyl sites for hydroxylation is 2. The number of rotatable bonds is 5. The lowest BCUT2D eigenvalue weighted by atomic mass is 10.1. The molecule has 0 radical (unpaired) electrons. The zero-order chi connectivity index (χ0) is 19.9. The summed E-state index contributed by atoms with van der Waals surface area (Å²) in [4.78, 5) is 1.81. The molecule has 1 atom stereocenters. The molecule has 7 nitrogen and oxygen atoms in total. The molecule has 1 aliphatic rings. The van der Waals surface area contributed by atoms with Crippen LogP contribution in [0.4, 0.5) is 0 Å². The Labute approximate surface area is 167 Å². The first kappa shape index (κ1) is 19.0. The number of hydrogen-bond donors (Lipinski definition) is 2. The Balaban J connectivity index is 1.58. The van der Waals surface area contributed by atoms with E-state index in [1.165, 1.54) is 11.3 Å². The van der Waals surface area contributed by atoms with Gasteiger partial charge in [-0.3, -0.25) is 5.10 Å². The Kier molecular flexibility index (Phi) is 4.90. The van der Waals surface area contributed by atoms with Crippen molar-refractivity contribution in [3.05, 3.63) is 46.5 Å². The highest BCUT2D eigenvalue weighted by Gasteiger charge is 2.24. The Morgan fingerprint density at radius 3 is 2.61 bits per heavy atom. The predicted molar refractivity (Wildman–Crippen MR) is 108 cm³/mol. The summed E-state index contributed by atoms with van der Waals surface area (Å²) in [5.74, 6) is 1.32. The van der Waals surface area contributed by atoms with E-state index in [0.717, 1.165) is 26.7 Å². The average Bonchev–Trinajstić information content (AvgIpc) is 3.27. The molecule has 4 rings (SSSR count). The lowest BCUT2D eigenvalue weighted by Gasteiger charge is -2.21. The quantitative estimate of drug-likeness (QED) is 0.659. The lowest BCUT2D eigenvalue weighted by Crippen LogP contribution is -2.27. The van der Waals surface area contributed by atoms with Gasteiger partial charge >= 0.3 is 0 Å². The van der Waals surface area contributed by atoms with E-state index in [0.29, 0.717) is 24.7 Å². The van der Waals surface area contributed by atoms with Gasteiger partial charge in [0, 0.05) is 16.6 Å². The summed E-state index contributed by atoms with van der Waals surface area (Å²) < 4.78 is 39.8. The van der Waals surface area contributed by atoms with Gasteiger partial charge in [-0.05, 0) is 50.6 Å². The molecule has 3 aromatic rings. The number of H-pyrrole nitrogens is 1.